The number of aliphatic carboxylic acids is 1. The van der Waals surface area contributed by atoms with Crippen LogP contribution in [0.1, 0.15) is 0 Å². The van der Waals surface area contributed by atoms with Crippen LogP contribution in [0.5, 0.6) is 5.75 Å². The summed E-state index contributed by atoms with van der Waals surface area (Å²) < 4.78 is 36.3. The Morgan fingerprint density at radius 3 is 2.55 bits per heavy atom. The highest BCUT2D eigenvalue weighted by Gasteiger charge is 2.25. The van der Waals surface area contributed by atoms with E-state index in [0.717, 1.165) is 0 Å². The van der Waals surface area contributed by atoms with E-state index in [-0.39, 0.29) is 11.5 Å². The van der Waals surface area contributed by atoms with Gasteiger partial charge in [-0.25, -0.2) is 8.42 Å². The van der Waals surface area contributed by atoms with Crippen LogP contribution in [0.2, 0.25) is 0 Å². The van der Waals surface area contributed by atoms with E-state index >= 15 is 0 Å². The van der Waals surface area contributed by atoms with Crippen LogP contribution in [-0.2, 0) is 19.6 Å². The molecule has 1 atom stereocenters. The van der Waals surface area contributed by atoms with Crippen LogP contribution in [0, 0.1) is 0 Å². The quantitative estimate of drug-likeness (QED) is 0.740. The Balaban J connectivity index is 3.04. The fourth-order valence-electron chi connectivity index (χ4n) is 1.39. The number of carbonyl (C=O) groups is 1. The molecule has 20 heavy (non-hydrogen) atoms. The number of rotatable bonds is 7. The molecule has 1 unspecified atom stereocenters. The van der Waals surface area contributed by atoms with Gasteiger partial charge in [0.05, 0.1) is 23.1 Å². The van der Waals surface area contributed by atoms with Crippen LogP contribution in [0.25, 0.3) is 0 Å². The van der Waals surface area contributed by atoms with E-state index in [9.17, 15) is 13.2 Å². The van der Waals surface area contributed by atoms with Gasteiger partial charge in [0.1, 0.15) is 11.8 Å². The highest BCUT2D eigenvalue weighted by Crippen LogP contribution is 2.27. The van der Waals surface area contributed by atoms with Crippen molar-refractivity contribution in [2.75, 3.05) is 20.8 Å². The molecule has 0 aliphatic heterocycles. The second-order valence-corrected chi connectivity index (χ2v) is 6.33. The van der Waals surface area contributed by atoms with Gasteiger partial charge in [0.25, 0.3) is 0 Å². The molecule has 0 aliphatic carbocycles. The molecule has 1 aromatic rings. The molecule has 9 heteroatoms. The lowest BCUT2D eigenvalue weighted by Gasteiger charge is -2.14. The van der Waals surface area contributed by atoms with Gasteiger partial charge < -0.3 is 14.6 Å². The number of sulfonamides is 1. The van der Waals surface area contributed by atoms with Crippen molar-refractivity contribution in [2.45, 2.75) is 10.9 Å². The molecule has 112 valence electrons. The molecule has 2 N–H and O–H groups in total. The minimum atomic E-state index is -3.97. The zero-order valence-corrected chi connectivity index (χ0v) is 13.2. The average molecular weight is 368 g/mol. The van der Waals surface area contributed by atoms with E-state index < -0.39 is 22.0 Å². The topological polar surface area (TPSA) is 102 Å². The highest BCUT2D eigenvalue weighted by molar-refractivity contribution is 9.10. The van der Waals surface area contributed by atoms with Crippen molar-refractivity contribution in [1.82, 2.24) is 4.72 Å². The molecule has 1 rings (SSSR count). The normalized spacial score (nSPS) is 12.9. The minimum absolute atomic E-state index is 0.0764. The maximum absolute atomic E-state index is 12.1. The summed E-state index contributed by atoms with van der Waals surface area (Å²) in [6.45, 7) is -0.272. The summed E-state index contributed by atoms with van der Waals surface area (Å²) >= 11 is 3.17. The first-order chi connectivity index (χ1) is 9.31. The number of carboxylic acids is 1. The van der Waals surface area contributed by atoms with Crippen LogP contribution in [0.4, 0.5) is 0 Å². The second-order valence-electron chi connectivity index (χ2n) is 3.76. The summed E-state index contributed by atoms with van der Waals surface area (Å²) in [5.41, 5.74) is 0. The summed E-state index contributed by atoms with van der Waals surface area (Å²) in [6.07, 6.45) is 0. The van der Waals surface area contributed by atoms with Crippen LogP contribution < -0.4 is 9.46 Å². The number of hydrogen-bond donors (Lipinski definition) is 2. The number of benzene rings is 1. The molecule has 7 nitrogen and oxygen atoms in total. The Hall–Kier alpha value is -1.16. The average Bonchev–Trinajstić information content (AvgIpc) is 2.37. The molecule has 0 amide bonds. The Morgan fingerprint density at radius 2 is 2.10 bits per heavy atom. The zero-order valence-electron chi connectivity index (χ0n) is 10.8. The molecule has 0 bridgehead atoms. The molecule has 0 spiro atoms. The smallest absolute Gasteiger partial charge is 0.324 e. The molecule has 0 fully saturated rings. The third-order valence-electron chi connectivity index (χ3n) is 2.36. The summed E-state index contributed by atoms with van der Waals surface area (Å²) in [5.74, 6) is -0.848. The van der Waals surface area contributed by atoms with Crippen LogP contribution in [0.15, 0.2) is 27.6 Å². The molecule has 0 aliphatic rings. The third-order valence-corrected chi connectivity index (χ3v) is 4.45. The fourth-order valence-corrected chi connectivity index (χ4v) is 3.28. The Morgan fingerprint density at radius 1 is 1.45 bits per heavy atom. The van der Waals surface area contributed by atoms with Crippen LogP contribution in [-0.4, -0.2) is 46.4 Å². The van der Waals surface area contributed by atoms with Crippen molar-refractivity contribution >= 4 is 31.9 Å². The molecule has 0 aromatic heterocycles. The predicted molar refractivity (Wildman–Crippen MR) is 74.3 cm³/mol. The molecule has 0 radical (unpaired) electrons. The van der Waals surface area contributed by atoms with Gasteiger partial charge in [0.2, 0.25) is 10.0 Å². The molecule has 0 saturated heterocycles. The van der Waals surface area contributed by atoms with Gasteiger partial charge >= 0.3 is 5.97 Å². The maximum Gasteiger partial charge on any atom is 0.324 e. The third kappa shape index (κ3) is 4.17. The molecular weight excluding hydrogens is 354 g/mol. The Kier molecular flexibility index (Phi) is 5.93. The number of carboxylic acid groups (broad SMARTS) is 1. The van der Waals surface area contributed by atoms with Gasteiger partial charge in [-0.05, 0) is 34.1 Å². The van der Waals surface area contributed by atoms with Gasteiger partial charge in [0, 0.05) is 7.11 Å². The van der Waals surface area contributed by atoms with Crippen LogP contribution in [0.3, 0.4) is 0 Å². The SMILES string of the molecule is COCC(NS(=O)(=O)c1ccc(OC)c(Br)c1)C(=O)O. The maximum atomic E-state index is 12.1. The molecule has 0 saturated carbocycles. The summed E-state index contributed by atoms with van der Waals surface area (Å²) in [4.78, 5) is 10.9. The minimum Gasteiger partial charge on any atom is -0.496 e. The first-order valence-corrected chi connectivity index (χ1v) is 7.67. The van der Waals surface area contributed by atoms with E-state index in [0.29, 0.717) is 10.2 Å². The van der Waals surface area contributed by atoms with E-state index in [1.54, 1.807) is 0 Å². The van der Waals surface area contributed by atoms with E-state index in [2.05, 4.69) is 25.4 Å². The van der Waals surface area contributed by atoms with Crippen molar-refractivity contribution in [1.29, 1.82) is 0 Å². The molecule has 1 aromatic carbocycles. The van der Waals surface area contributed by atoms with Gasteiger partial charge in [0.15, 0.2) is 0 Å². The highest BCUT2D eigenvalue weighted by atomic mass is 79.9. The lowest BCUT2D eigenvalue weighted by Crippen LogP contribution is -2.43. The first-order valence-electron chi connectivity index (χ1n) is 5.39. The number of methoxy groups -OCH3 is 2. The van der Waals surface area contributed by atoms with Gasteiger partial charge in [-0.3, -0.25) is 4.79 Å². The Bertz CT molecular complexity index is 589. The van der Waals surface area contributed by atoms with Gasteiger partial charge in [-0.1, -0.05) is 0 Å². The number of nitrogens with one attached hydrogen (secondary N) is 1. The Labute approximate surface area is 125 Å². The zero-order chi connectivity index (χ0) is 15.3. The summed E-state index contributed by atoms with van der Waals surface area (Å²) in [5, 5.41) is 8.92. The second kappa shape index (κ2) is 7.02. The van der Waals surface area contributed by atoms with Crippen molar-refractivity contribution in [3.8, 4) is 5.75 Å². The van der Waals surface area contributed by atoms with Crippen LogP contribution >= 0.6 is 15.9 Å². The standard InChI is InChI=1S/C11H14BrNO6S/c1-18-6-9(11(14)15)13-20(16,17)7-3-4-10(19-2)8(12)5-7/h3-5,9,13H,6H2,1-2H3,(H,14,15). The largest absolute Gasteiger partial charge is 0.496 e. The fraction of sp³-hybridized carbons (Fsp3) is 0.364. The number of halogens is 1. The summed E-state index contributed by atoms with van der Waals surface area (Å²) in [7, 11) is -1.23. The summed E-state index contributed by atoms with van der Waals surface area (Å²) in [6, 6.07) is 2.75. The number of ether oxygens (including phenoxy) is 2. The van der Waals surface area contributed by atoms with Crippen molar-refractivity contribution in [3.05, 3.63) is 22.7 Å². The number of hydrogen-bond acceptors (Lipinski definition) is 5. The van der Waals surface area contributed by atoms with Gasteiger partial charge in [-0.2, -0.15) is 4.72 Å². The monoisotopic (exact) mass is 367 g/mol. The predicted octanol–water partition coefficient (Wildman–Crippen LogP) is 0.836. The van der Waals surface area contributed by atoms with E-state index in [4.69, 9.17) is 9.84 Å². The van der Waals surface area contributed by atoms with Crippen molar-refractivity contribution in [3.63, 3.8) is 0 Å². The first kappa shape index (κ1) is 16.9. The van der Waals surface area contributed by atoms with Crippen molar-refractivity contribution < 1.29 is 27.8 Å². The van der Waals surface area contributed by atoms with Crippen molar-refractivity contribution in [2.24, 2.45) is 0 Å². The molecule has 0 heterocycles. The lowest BCUT2D eigenvalue weighted by atomic mass is 10.3. The van der Waals surface area contributed by atoms with E-state index in [1.165, 1.54) is 32.4 Å². The van der Waals surface area contributed by atoms with E-state index in [1.807, 2.05) is 0 Å². The lowest BCUT2D eigenvalue weighted by molar-refractivity contribution is -0.140. The molecular formula is C11H14BrNO6S. The van der Waals surface area contributed by atoms with Gasteiger partial charge in [-0.15, -0.1) is 0 Å².